The first-order chi connectivity index (χ1) is 23.3. The van der Waals surface area contributed by atoms with Gasteiger partial charge in [0.25, 0.3) is 0 Å². The van der Waals surface area contributed by atoms with E-state index in [0.29, 0.717) is 0 Å². The number of hydrogen-bond acceptors (Lipinski definition) is 2. The third-order valence-electron chi connectivity index (χ3n) is 9.43. The molecule has 0 aliphatic carbocycles. The summed E-state index contributed by atoms with van der Waals surface area (Å²) >= 11 is 3.80. The first-order valence-electron chi connectivity index (χ1n) is 15.9. The number of aromatic nitrogens is 1. The molecule has 220 valence electrons. The molecule has 0 aliphatic rings. The van der Waals surface area contributed by atoms with Crippen LogP contribution in [-0.2, 0) is 0 Å². The Bertz CT molecular complexity index is 2760. The van der Waals surface area contributed by atoms with Gasteiger partial charge >= 0.3 is 0 Å². The van der Waals surface area contributed by atoms with E-state index in [-0.39, 0.29) is 0 Å². The van der Waals surface area contributed by atoms with Crippen molar-refractivity contribution in [3.63, 3.8) is 0 Å². The van der Waals surface area contributed by atoms with E-state index in [9.17, 15) is 0 Å². The summed E-state index contributed by atoms with van der Waals surface area (Å²) in [7, 11) is 0. The van der Waals surface area contributed by atoms with Crippen LogP contribution in [0.25, 0.3) is 90.4 Å². The largest absolute Gasteiger partial charge is 0.308 e. The van der Waals surface area contributed by atoms with Gasteiger partial charge in [0, 0.05) is 41.3 Å². The molecule has 0 atom stereocenters. The second kappa shape index (κ2) is 10.5. The Morgan fingerprint density at radius 1 is 0.362 bits per heavy atom. The molecule has 3 heteroatoms. The van der Waals surface area contributed by atoms with Gasteiger partial charge in [-0.1, -0.05) is 133 Å². The molecule has 0 spiro atoms. The average molecular weight is 634 g/mol. The molecule has 10 aromatic rings. The monoisotopic (exact) mass is 633 g/mol. The molecule has 0 aliphatic heterocycles. The maximum atomic E-state index is 2.44. The molecule has 3 heterocycles. The fourth-order valence-electron chi connectivity index (χ4n) is 7.23. The van der Waals surface area contributed by atoms with Crippen LogP contribution in [0.1, 0.15) is 0 Å². The van der Waals surface area contributed by atoms with Crippen molar-refractivity contribution in [2.75, 3.05) is 0 Å². The zero-order valence-corrected chi connectivity index (χ0v) is 27.0. The van der Waals surface area contributed by atoms with E-state index < -0.39 is 0 Å². The van der Waals surface area contributed by atoms with Gasteiger partial charge in [-0.15, -0.1) is 22.7 Å². The number of rotatable bonds is 4. The highest BCUT2D eigenvalue weighted by Crippen LogP contribution is 2.45. The molecule has 0 N–H and O–H groups in total. The van der Waals surface area contributed by atoms with E-state index in [1.165, 1.54) is 90.4 Å². The van der Waals surface area contributed by atoms with Gasteiger partial charge in [-0.05, 0) is 63.7 Å². The topological polar surface area (TPSA) is 4.93 Å². The molecule has 0 saturated carbocycles. The normalized spacial score (nSPS) is 11.8. The SMILES string of the molecule is c1ccc(-c2cccc3c2sc2c(-c4ccc(-c5ccc6sc7c8ccccc8n(-c8ccccc8)c7c6c5)cc4)cccc23)cc1. The average Bonchev–Trinajstić information content (AvgIpc) is 3.81. The van der Waals surface area contributed by atoms with Crippen LogP contribution in [0.3, 0.4) is 0 Å². The van der Waals surface area contributed by atoms with E-state index in [4.69, 9.17) is 0 Å². The number of thiophene rings is 2. The zero-order valence-electron chi connectivity index (χ0n) is 25.4. The summed E-state index contributed by atoms with van der Waals surface area (Å²) in [5.41, 5.74) is 11.3. The van der Waals surface area contributed by atoms with Gasteiger partial charge in [-0.3, -0.25) is 0 Å². The lowest BCUT2D eigenvalue weighted by atomic mass is 9.98. The molecule has 0 saturated heterocycles. The lowest BCUT2D eigenvalue weighted by Gasteiger charge is -2.09. The molecular formula is C44H27NS2. The van der Waals surface area contributed by atoms with Crippen molar-refractivity contribution in [2.24, 2.45) is 0 Å². The lowest BCUT2D eigenvalue weighted by Crippen LogP contribution is -1.92. The van der Waals surface area contributed by atoms with Crippen LogP contribution < -0.4 is 0 Å². The highest BCUT2D eigenvalue weighted by Gasteiger charge is 2.18. The highest BCUT2D eigenvalue weighted by atomic mass is 32.1. The van der Waals surface area contributed by atoms with E-state index in [1.54, 1.807) is 0 Å². The third-order valence-corrected chi connectivity index (χ3v) is 11.9. The predicted molar refractivity (Wildman–Crippen MR) is 205 cm³/mol. The predicted octanol–water partition coefficient (Wildman–Crippen LogP) is 13.4. The van der Waals surface area contributed by atoms with Crippen LogP contribution in [0.4, 0.5) is 0 Å². The minimum atomic E-state index is 1.19. The lowest BCUT2D eigenvalue weighted by molar-refractivity contribution is 1.19. The highest BCUT2D eigenvalue weighted by molar-refractivity contribution is 7.27. The minimum Gasteiger partial charge on any atom is -0.308 e. The molecule has 1 nitrogen and oxygen atoms in total. The summed E-state index contributed by atoms with van der Waals surface area (Å²) in [4.78, 5) is 0. The van der Waals surface area contributed by atoms with E-state index in [1.807, 2.05) is 22.7 Å². The minimum absolute atomic E-state index is 1.19. The number of hydrogen-bond donors (Lipinski definition) is 0. The summed E-state index contributed by atoms with van der Waals surface area (Å²) in [6, 6.07) is 59.8. The molecule has 0 radical (unpaired) electrons. The van der Waals surface area contributed by atoms with E-state index >= 15 is 0 Å². The van der Waals surface area contributed by atoms with Gasteiger partial charge in [0.2, 0.25) is 0 Å². The fraction of sp³-hybridized carbons (Fsp3) is 0. The Hall–Kier alpha value is -5.48. The van der Waals surface area contributed by atoms with E-state index in [2.05, 4.69) is 168 Å². The fourth-order valence-corrected chi connectivity index (χ4v) is 9.80. The van der Waals surface area contributed by atoms with Crippen LogP contribution in [0, 0.1) is 0 Å². The Balaban J connectivity index is 1.09. The molecular weight excluding hydrogens is 607 g/mol. The molecule has 3 aromatic heterocycles. The van der Waals surface area contributed by atoms with E-state index in [0.717, 1.165) is 0 Å². The standard InChI is InChI=1S/C44H27NS2/c1-3-11-29(12-4-1)33-16-9-18-35-36-19-10-17-34(43(36)47-42(33)35)30-23-21-28(22-24-30)31-25-26-40-38(27-31)41-44(46-40)37-15-7-8-20-39(37)45(41)32-13-5-2-6-14-32/h1-27H. The number of nitrogens with zero attached hydrogens (tertiary/aromatic N) is 1. The summed E-state index contributed by atoms with van der Waals surface area (Å²) in [6.07, 6.45) is 0. The number of fused-ring (bicyclic) bond motifs is 8. The molecule has 47 heavy (non-hydrogen) atoms. The van der Waals surface area contributed by atoms with Gasteiger partial charge in [-0.2, -0.15) is 0 Å². The van der Waals surface area contributed by atoms with Gasteiger partial charge in [0.1, 0.15) is 0 Å². The van der Waals surface area contributed by atoms with Crippen LogP contribution in [0.15, 0.2) is 164 Å². The second-order valence-electron chi connectivity index (χ2n) is 12.1. The molecule has 0 unspecified atom stereocenters. The Morgan fingerprint density at radius 3 is 1.66 bits per heavy atom. The molecule has 0 bridgehead atoms. The van der Waals surface area contributed by atoms with Crippen molar-refractivity contribution < 1.29 is 0 Å². The van der Waals surface area contributed by atoms with Crippen LogP contribution >= 0.6 is 22.7 Å². The van der Waals surface area contributed by atoms with Gasteiger partial charge in [0.05, 0.1) is 15.7 Å². The molecule has 10 rings (SSSR count). The van der Waals surface area contributed by atoms with Gasteiger partial charge < -0.3 is 4.57 Å². The van der Waals surface area contributed by atoms with Crippen molar-refractivity contribution in [1.82, 2.24) is 4.57 Å². The smallest absolute Gasteiger partial charge is 0.0727 e. The summed E-state index contributed by atoms with van der Waals surface area (Å²) in [6.45, 7) is 0. The molecule has 0 amide bonds. The van der Waals surface area contributed by atoms with Crippen LogP contribution in [0.2, 0.25) is 0 Å². The zero-order chi connectivity index (χ0) is 30.9. The number of benzene rings is 7. The maximum Gasteiger partial charge on any atom is 0.0727 e. The summed E-state index contributed by atoms with van der Waals surface area (Å²) in [5, 5.41) is 5.26. The van der Waals surface area contributed by atoms with Crippen LogP contribution in [-0.4, -0.2) is 4.57 Å². The van der Waals surface area contributed by atoms with Gasteiger partial charge in [-0.25, -0.2) is 0 Å². The van der Waals surface area contributed by atoms with Crippen LogP contribution in [0.5, 0.6) is 0 Å². The molecule has 7 aromatic carbocycles. The molecule has 0 fully saturated rings. The summed E-state index contributed by atoms with van der Waals surface area (Å²) in [5.74, 6) is 0. The quantitative estimate of drug-likeness (QED) is 0.182. The Morgan fingerprint density at radius 2 is 0.936 bits per heavy atom. The van der Waals surface area contributed by atoms with Gasteiger partial charge in [0.15, 0.2) is 0 Å². The Kier molecular flexibility index (Phi) is 5.98. The third kappa shape index (κ3) is 4.14. The van der Waals surface area contributed by atoms with Crippen molar-refractivity contribution in [2.45, 2.75) is 0 Å². The maximum absolute atomic E-state index is 2.44. The summed E-state index contributed by atoms with van der Waals surface area (Å²) < 4.78 is 7.79. The van der Waals surface area contributed by atoms with Crippen molar-refractivity contribution in [1.29, 1.82) is 0 Å². The Labute approximate surface area is 280 Å². The second-order valence-corrected chi connectivity index (χ2v) is 14.2. The first-order valence-corrected chi connectivity index (χ1v) is 17.6. The van der Waals surface area contributed by atoms with Crippen molar-refractivity contribution >= 4 is 74.1 Å². The number of para-hydroxylation sites is 2. The van der Waals surface area contributed by atoms with Crippen molar-refractivity contribution in [3.8, 4) is 39.1 Å². The first kappa shape index (κ1) is 26.7. The van der Waals surface area contributed by atoms with Crippen molar-refractivity contribution in [3.05, 3.63) is 164 Å².